The number of benzene rings is 2. The number of pyridine rings is 1. The van der Waals surface area contributed by atoms with E-state index in [4.69, 9.17) is 19.9 Å². The molecule has 7 nitrogen and oxygen atoms in total. The lowest BCUT2D eigenvalue weighted by atomic mass is 10.0. The molecule has 2 N–H and O–H groups in total. The average Bonchev–Trinajstić information content (AvgIpc) is 2.84. The van der Waals surface area contributed by atoms with Crippen molar-refractivity contribution in [1.29, 1.82) is 0 Å². The molecule has 0 spiro atoms. The van der Waals surface area contributed by atoms with Crippen molar-refractivity contribution in [2.24, 2.45) is 0 Å². The Kier molecular flexibility index (Phi) is 7.82. The molecule has 36 heavy (non-hydrogen) atoms. The number of rotatable bonds is 8. The molecule has 1 amide bonds. The van der Waals surface area contributed by atoms with Crippen LogP contribution in [-0.2, 0) is 22.1 Å². The van der Waals surface area contributed by atoms with Crippen LogP contribution in [0.15, 0.2) is 53.0 Å². The first-order valence-corrected chi connectivity index (χ1v) is 11.8. The third-order valence-corrected chi connectivity index (χ3v) is 6.29. The molecule has 2 heterocycles. The third-order valence-electron chi connectivity index (χ3n) is 5.63. The van der Waals surface area contributed by atoms with Gasteiger partial charge in [0.05, 0.1) is 41.4 Å². The highest BCUT2D eigenvalue weighted by atomic mass is 79.9. The summed E-state index contributed by atoms with van der Waals surface area (Å²) in [5.41, 5.74) is 8.34. The van der Waals surface area contributed by atoms with Crippen molar-refractivity contribution in [2.75, 3.05) is 44.3 Å². The fourth-order valence-corrected chi connectivity index (χ4v) is 4.37. The summed E-state index contributed by atoms with van der Waals surface area (Å²) in [5.74, 6) is 0.201. The highest BCUT2D eigenvalue weighted by molar-refractivity contribution is 9.10. The van der Waals surface area contributed by atoms with Gasteiger partial charge >= 0.3 is 6.18 Å². The lowest BCUT2D eigenvalue weighted by molar-refractivity contribution is -0.137. The van der Waals surface area contributed by atoms with E-state index < -0.39 is 11.7 Å². The van der Waals surface area contributed by atoms with Crippen molar-refractivity contribution < 1.29 is 32.2 Å². The van der Waals surface area contributed by atoms with Gasteiger partial charge in [0.2, 0.25) is 0 Å². The van der Waals surface area contributed by atoms with Crippen molar-refractivity contribution in [2.45, 2.75) is 12.6 Å². The van der Waals surface area contributed by atoms with Crippen LogP contribution < -0.4 is 15.4 Å². The number of nitrogens with zero attached hydrogens (tertiary/aromatic N) is 2. The zero-order valence-electron chi connectivity index (χ0n) is 19.3. The Labute approximate surface area is 214 Å². The van der Waals surface area contributed by atoms with Crippen LogP contribution in [0, 0.1) is 0 Å². The maximum absolute atomic E-state index is 13.2. The highest BCUT2D eigenvalue weighted by Crippen LogP contribution is 2.36. The minimum absolute atomic E-state index is 0.0198. The molecule has 190 valence electrons. The Morgan fingerprint density at radius 2 is 1.86 bits per heavy atom. The summed E-state index contributed by atoms with van der Waals surface area (Å²) in [7, 11) is 1.58. The monoisotopic (exact) mass is 565 g/mol. The van der Waals surface area contributed by atoms with Crippen LogP contribution in [0.2, 0.25) is 0 Å². The van der Waals surface area contributed by atoms with E-state index in [1.54, 1.807) is 42.3 Å². The van der Waals surface area contributed by atoms with Crippen LogP contribution in [-0.4, -0.2) is 44.6 Å². The van der Waals surface area contributed by atoms with E-state index in [-0.39, 0.29) is 17.2 Å². The summed E-state index contributed by atoms with van der Waals surface area (Å²) < 4.78 is 54.9. The second-order valence-electron chi connectivity index (χ2n) is 7.98. The van der Waals surface area contributed by atoms with E-state index >= 15 is 0 Å². The van der Waals surface area contributed by atoms with E-state index in [1.807, 2.05) is 0 Å². The zero-order valence-corrected chi connectivity index (χ0v) is 20.9. The maximum atomic E-state index is 13.2. The number of hydrogen-bond acceptors (Lipinski definition) is 6. The number of ether oxygens (including phenoxy) is 3. The summed E-state index contributed by atoms with van der Waals surface area (Å²) in [6.07, 6.45) is -3.97. The molecule has 0 saturated carbocycles. The van der Waals surface area contributed by atoms with Crippen molar-refractivity contribution in [3.05, 3.63) is 69.8 Å². The number of hydrogen-bond donors (Lipinski definition) is 1. The Hall–Kier alpha value is -3.15. The van der Waals surface area contributed by atoms with E-state index in [0.29, 0.717) is 65.8 Å². The number of nitrogens with two attached hydrogens (primary N) is 1. The van der Waals surface area contributed by atoms with Gasteiger partial charge in [-0.3, -0.25) is 9.78 Å². The van der Waals surface area contributed by atoms with Crippen LogP contribution >= 0.6 is 15.9 Å². The third kappa shape index (κ3) is 5.63. The standard InChI is InChI=1S/C25H23BrF3N3O4/c1-34-10-11-35-14-36-23-7-3-16(13-20(23)30)32-9-8-22-18(24(32)33)5-6-21(31-22)17-4-2-15(12-19(17)26)25(27,28)29/h2-7,12-13H,8-11,14,30H2,1H3. The second kappa shape index (κ2) is 10.9. The molecule has 0 saturated heterocycles. The molecule has 3 aromatic rings. The molecule has 11 heteroatoms. The van der Waals surface area contributed by atoms with Gasteiger partial charge in [-0.05, 0) is 42.5 Å². The molecule has 1 aliphatic rings. The number of carbonyl (C=O) groups excluding carboxylic acids is 1. The van der Waals surface area contributed by atoms with Gasteiger partial charge < -0.3 is 24.8 Å². The summed E-state index contributed by atoms with van der Waals surface area (Å²) in [5, 5.41) is 0. The van der Waals surface area contributed by atoms with Crippen LogP contribution in [0.1, 0.15) is 21.6 Å². The van der Waals surface area contributed by atoms with Gasteiger partial charge in [0.15, 0.2) is 6.79 Å². The van der Waals surface area contributed by atoms with E-state index in [1.165, 1.54) is 6.07 Å². The summed E-state index contributed by atoms with van der Waals surface area (Å²) in [6, 6.07) is 11.8. The van der Waals surface area contributed by atoms with Gasteiger partial charge in [-0.25, -0.2) is 0 Å². The summed E-state index contributed by atoms with van der Waals surface area (Å²) in [4.78, 5) is 19.4. The van der Waals surface area contributed by atoms with Gasteiger partial charge in [0.25, 0.3) is 5.91 Å². The first-order chi connectivity index (χ1) is 17.2. The van der Waals surface area contributed by atoms with Crippen LogP contribution in [0.25, 0.3) is 11.3 Å². The van der Waals surface area contributed by atoms with Gasteiger partial charge in [0, 0.05) is 35.8 Å². The molecule has 0 unspecified atom stereocenters. The Bertz CT molecular complexity index is 1270. The molecule has 0 aliphatic carbocycles. The van der Waals surface area contributed by atoms with Crippen LogP contribution in [0.3, 0.4) is 0 Å². The molecule has 0 fully saturated rings. The van der Waals surface area contributed by atoms with E-state index in [9.17, 15) is 18.0 Å². The van der Waals surface area contributed by atoms with Crippen molar-refractivity contribution >= 4 is 33.2 Å². The molecule has 0 bridgehead atoms. The SMILES string of the molecule is COCCOCOc1ccc(N2CCc3nc(-c4ccc(C(F)(F)F)cc4Br)ccc3C2=O)cc1N. The van der Waals surface area contributed by atoms with Crippen molar-refractivity contribution in [3.8, 4) is 17.0 Å². The van der Waals surface area contributed by atoms with Gasteiger partial charge in [0.1, 0.15) is 5.75 Å². The van der Waals surface area contributed by atoms with Gasteiger partial charge in [-0.15, -0.1) is 0 Å². The molecular weight excluding hydrogens is 543 g/mol. The zero-order chi connectivity index (χ0) is 25.9. The fourth-order valence-electron chi connectivity index (χ4n) is 3.79. The number of aromatic nitrogens is 1. The number of carbonyl (C=O) groups is 1. The lowest BCUT2D eigenvalue weighted by Crippen LogP contribution is -2.38. The van der Waals surface area contributed by atoms with Crippen molar-refractivity contribution in [3.63, 3.8) is 0 Å². The van der Waals surface area contributed by atoms with Crippen LogP contribution in [0.5, 0.6) is 5.75 Å². The number of anilines is 2. The number of halogens is 4. The number of nitrogen functional groups attached to an aromatic ring is 1. The molecule has 0 radical (unpaired) electrons. The molecular formula is C25H23BrF3N3O4. The summed E-state index contributed by atoms with van der Waals surface area (Å²) >= 11 is 3.21. The average molecular weight is 566 g/mol. The van der Waals surface area contributed by atoms with Gasteiger partial charge in [-0.2, -0.15) is 13.2 Å². The lowest BCUT2D eigenvalue weighted by Gasteiger charge is -2.29. The predicted molar refractivity (Wildman–Crippen MR) is 132 cm³/mol. The molecule has 1 aromatic heterocycles. The van der Waals surface area contributed by atoms with E-state index in [0.717, 1.165) is 12.1 Å². The van der Waals surface area contributed by atoms with Gasteiger partial charge in [-0.1, -0.05) is 22.0 Å². The number of methoxy groups -OCH3 is 1. The Balaban J connectivity index is 1.50. The molecule has 4 rings (SSSR count). The first kappa shape index (κ1) is 25.9. The normalized spacial score (nSPS) is 13.6. The smallest absolute Gasteiger partial charge is 0.416 e. The topological polar surface area (TPSA) is 86.9 Å². The maximum Gasteiger partial charge on any atom is 0.416 e. The minimum Gasteiger partial charge on any atom is -0.465 e. The second-order valence-corrected chi connectivity index (χ2v) is 8.83. The number of alkyl halides is 3. The number of amides is 1. The predicted octanol–water partition coefficient (Wildman–Crippen LogP) is 5.31. The highest BCUT2D eigenvalue weighted by Gasteiger charge is 2.31. The fraction of sp³-hybridized carbons (Fsp3) is 0.280. The Morgan fingerprint density at radius 1 is 1.08 bits per heavy atom. The first-order valence-electron chi connectivity index (χ1n) is 11.0. The summed E-state index contributed by atoms with van der Waals surface area (Å²) in [6.45, 7) is 1.23. The Morgan fingerprint density at radius 3 is 2.56 bits per heavy atom. The van der Waals surface area contributed by atoms with Crippen molar-refractivity contribution in [1.82, 2.24) is 4.98 Å². The minimum atomic E-state index is -4.44. The molecule has 1 aliphatic heterocycles. The molecule has 2 aromatic carbocycles. The van der Waals surface area contributed by atoms with Crippen LogP contribution in [0.4, 0.5) is 24.5 Å². The quantitative estimate of drug-likeness (QED) is 0.226. The largest absolute Gasteiger partial charge is 0.465 e. The number of fused-ring (bicyclic) bond motifs is 1. The molecule has 0 atom stereocenters. The van der Waals surface area contributed by atoms with E-state index in [2.05, 4.69) is 20.9 Å².